The Kier molecular flexibility index (Phi) is 6.15. The molecule has 0 aliphatic rings. The Balaban J connectivity index is 3.13. The number of esters is 1. The van der Waals surface area contributed by atoms with Gasteiger partial charge in [-0.15, -0.1) is 0 Å². The van der Waals surface area contributed by atoms with Crippen LogP contribution in [0.4, 0.5) is 0 Å². The molecule has 0 aliphatic carbocycles. The zero-order valence-electron chi connectivity index (χ0n) is 13.9. The molecule has 0 bridgehead atoms. The summed E-state index contributed by atoms with van der Waals surface area (Å²) in [5, 5.41) is 0. The number of pyridine rings is 1. The van der Waals surface area contributed by atoms with Crippen LogP contribution in [-0.2, 0) is 11.3 Å². The van der Waals surface area contributed by atoms with Crippen molar-refractivity contribution in [3.05, 3.63) is 33.2 Å². The number of hydrogen-bond donors (Lipinski definition) is 0. The lowest BCUT2D eigenvalue weighted by atomic mass is 10.1. The summed E-state index contributed by atoms with van der Waals surface area (Å²) in [5.74, 6) is -0.363. The molecule has 21 heavy (non-hydrogen) atoms. The van der Waals surface area contributed by atoms with Gasteiger partial charge in [-0.05, 0) is 47.2 Å². The van der Waals surface area contributed by atoms with E-state index in [2.05, 4.69) is 18.7 Å². The van der Waals surface area contributed by atoms with Gasteiger partial charge in [0.15, 0.2) is 0 Å². The highest BCUT2D eigenvalue weighted by molar-refractivity contribution is 5.92. The number of nitrogens with zero attached hydrogens (tertiary/aromatic N) is 2. The topological polar surface area (TPSA) is 51.5 Å². The number of aromatic nitrogens is 1. The minimum atomic E-state index is -0.363. The summed E-state index contributed by atoms with van der Waals surface area (Å²) in [6.07, 6.45) is 0. The van der Waals surface area contributed by atoms with Gasteiger partial charge in [0.1, 0.15) is 0 Å². The zero-order chi connectivity index (χ0) is 16.2. The van der Waals surface area contributed by atoms with E-state index in [4.69, 9.17) is 4.74 Å². The van der Waals surface area contributed by atoms with Crippen molar-refractivity contribution < 1.29 is 9.53 Å². The summed E-state index contributed by atoms with van der Waals surface area (Å²) in [5.41, 5.74) is 1.78. The Morgan fingerprint density at radius 3 is 2.52 bits per heavy atom. The monoisotopic (exact) mass is 294 g/mol. The van der Waals surface area contributed by atoms with E-state index >= 15 is 0 Å². The SMILES string of the molecule is CCOC(=O)c1c(C)cc(=O)n(CCN(C)C(C)C)c1C. The predicted molar refractivity (Wildman–Crippen MR) is 83.9 cm³/mol. The predicted octanol–water partition coefficient (Wildman–Crippen LogP) is 1.98. The van der Waals surface area contributed by atoms with Gasteiger partial charge in [0, 0.05) is 30.9 Å². The van der Waals surface area contributed by atoms with Gasteiger partial charge in [-0.25, -0.2) is 4.79 Å². The van der Waals surface area contributed by atoms with Crippen LogP contribution in [0.15, 0.2) is 10.9 Å². The molecule has 118 valence electrons. The average molecular weight is 294 g/mol. The van der Waals surface area contributed by atoms with Crippen LogP contribution in [0.25, 0.3) is 0 Å². The van der Waals surface area contributed by atoms with Gasteiger partial charge in [0.2, 0.25) is 0 Å². The Labute approximate surface area is 126 Å². The van der Waals surface area contributed by atoms with Crippen LogP contribution in [0.3, 0.4) is 0 Å². The number of carbonyl (C=O) groups is 1. The van der Waals surface area contributed by atoms with Crippen LogP contribution in [0, 0.1) is 13.8 Å². The molecule has 0 amide bonds. The van der Waals surface area contributed by atoms with Gasteiger partial charge in [0.25, 0.3) is 5.56 Å². The van der Waals surface area contributed by atoms with Crippen LogP contribution < -0.4 is 5.56 Å². The standard InChI is InChI=1S/C16H26N2O3/c1-7-21-16(20)15-12(4)10-14(19)18(13(15)5)9-8-17(6)11(2)3/h10-11H,7-9H2,1-6H3. The third-order valence-corrected chi connectivity index (χ3v) is 3.80. The smallest absolute Gasteiger partial charge is 0.340 e. The molecule has 0 spiro atoms. The fourth-order valence-corrected chi connectivity index (χ4v) is 2.23. The highest BCUT2D eigenvalue weighted by Crippen LogP contribution is 2.13. The number of hydrogen-bond acceptors (Lipinski definition) is 4. The lowest BCUT2D eigenvalue weighted by Gasteiger charge is -2.22. The quantitative estimate of drug-likeness (QED) is 0.753. The fourth-order valence-electron chi connectivity index (χ4n) is 2.23. The second-order valence-corrected chi connectivity index (χ2v) is 5.57. The number of aryl methyl sites for hydroxylation is 1. The molecule has 0 aromatic carbocycles. The van der Waals surface area contributed by atoms with Crippen molar-refractivity contribution in [1.29, 1.82) is 0 Å². The summed E-state index contributed by atoms with van der Waals surface area (Å²) < 4.78 is 6.73. The van der Waals surface area contributed by atoms with Gasteiger partial charge < -0.3 is 14.2 Å². The van der Waals surface area contributed by atoms with E-state index in [1.54, 1.807) is 25.3 Å². The highest BCUT2D eigenvalue weighted by atomic mass is 16.5. The van der Waals surface area contributed by atoms with E-state index < -0.39 is 0 Å². The van der Waals surface area contributed by atoms with E-state index in [9.17, 15) is 9.59 Å². The van der Waals surface area contributed by atoms with Crippen LogP contribution in [0.5, 0.6) is 0 Å². The summed E-state index contributed by atoms with van der Waals surface area (Å²) in [4.78, 5) is 26.4. The Morgan fingerprint density at radius 2 is 2.00 bits per heavy atom. The molecule has 0 saturated carbocycles. The maximum absolute atomic E-state index is 12.2. The van der Waals surface area contributed by atoms with Crippen molar-refractivity contribution in [2.24, 2.45) is 0 Å². The molecule has 1 rings (SSSR count). The molecular formula is C16H26N2O3. The first kappa shape index (κ1) is 17.4. The van der Waals surface area contributed by atoms with Crippen LogP contribution in [-0.4, -0.2) is 41.7 Å². The van der Waals surface area contributed by atoms with Gasteiger partial charge in [0.05, 0.1) is 12.2 Å². The largest absolute Gasteiger partial charge is 0.462 e. The Bertz CT molecular complexity index is 561. The molecule has 0 fully saturated rings. The molecule has 0 saturated heterocycles. The summed E-state index contributed by atoms with van der Waals surface area (Å²) >= 11 is 0. The summed E-state index contributed by atoms with van der Waals surface area (Å²) in [6, 6.07) is 1.92. The van der Waals surface area contributed by atoms with Crippen LogP contribution in [0.2, 0.25) is 0 Å². The Hall–Kier alpha value is -1.62. The Morgan fingerprint density at radius 1 is 1.38 bits per heavy atom. The third kappa shape index (κ3) is 4.17. The van der Waals surface area contributed by atoms with Crippen LogP contribution >= 0.6 is 0 Å². The molecule has 0 aliphatic heterocycles. The molecule has 0 radical (unpaired) electrons. The molecule has 1 aromatic heterocycles. The van der Waals surface area contributed by atoms with E-state index in [1.165, 1.54) is 6.07 Å². The number of carbonyl (C=O) groups excluding carboxylic acids is 1. The van der Waals surface area contributed by atoms with Crippen molar-refractivity contribution in [2.45, 2.75) is 47.2 Å². The molecule has 5 nitrogen and oxygen atoms in total. The van der Waals surface area contributed by atoms with Crippen molar-refractivity contribution in [3.8, 4) is 0 Å². The lowest BCUT2D eigenvalue weighted by molar-refractivity contribution is 0.0523. The molecule has 0 unspecified atom stereocenters. The zero-order valence-corrected chi connectivity index (χ0v) is 13.9. The van der Waals surface area contributed by atoms with Crippen molar-refractivity contribution >= 4 is 5.97 Å². The second kappa shape index (κ2) is 7.41. The molecular weight excluding hydrogens is 268 g/mol. The lowest BCUT2D eigenvalue weighted by Crippen LogP contribution is -2.34. The van der Waals surface area contributed by atoms with Gasteiger partial charge in [-0.2, -0.15) is 0 Å². The maximum Gasteiger partial charge on any atom is 0.340 e. The number of rotatable bonds is 6. The van der Waals surface area contributed by atoms with Gasteiger partial charge in [-0.1, -0.05) is 0 Å². The number of likely N-dealkylation sites (N-methyl/N-ethyl adjacent to an activating group) is 1. The minimum absolute atomic E-state index is 0.0739. The van der Waals surface area contributed by atoms with Gasteiger partial charge >= 0.3 is 5.97 Å². The molecule has 1 heterocycles. The van der Waals surface area contributed by atoms with E-state index in [1.807, 2.05) is 7.05 Å². The first-order chi connectivity index (χ1) is 9.79. The summed E-state index contributed by atoms with van der Waals surface area (Å²) in [7, 11) is 2.02. The fraction of sp³-hybridized carbons (Fsp3) is 0.625. The maximum atomic E-state index is 12.2. The van der Waals surface area contributed by atoms with E-state index in [0.29, 0.717) is 36.0 Å². The van der Waals surface area contributed by atoms with Crippen molar-refractivity contribution in [1.82, 2.24) is 9.47 Å². The minimum Gasteiger partial charge on any atom is -0.462 e. The molecule has 0 atom stereocenters. The van der Waals surface area contributed by atoms with Crippen LogP contribution in [0.1, 0.15) is 42.4 Å². The normalized spacial score (nSPS) is 11.2. The van der Waals surface area contributed by atoms with Crippen molar-refractivity contribution in [2.75, 3.05) is 20.2 Å². The molecule has 1 aromatic rings. The highest BCUT2D eigenvalue weighted by Gasteiger charge is 2.18. The first-order valence-electron chi connectivity index (χ1n) is 7.38. The number of ether oxygens (including phenoxy) is 1. The summed E-state index contributed by atoms with van der Waals surface area (Å²) in [6.45, 7) is 11.2. The molecule has 5 heteroatoms. The first-order valence-corrected chi connectivity index (χ1v) is 7.38. The average Bonchev–Trinajstić information content (AvgIpc) is 2.37. The van der Waals surface area contributed by atoms with Crippen molar-refractivity contribution in [3.63, 3.8) is 0 Å². The van der Waals surface area contributed by atoms with E-state index in [-0.39, 0.29) is 11.5 Å². The van der Waals surface area contributed by atoms with E-state index in [0.717, 1.165) is 6.54 Å². The molecule has 0 N–H and O–H groups in total. The van der Waals surface area contributed by atoms with Gasteiger partial charge in [-0.3, -0.25) is 4.79 Å². The third-order valence-electron chi connectivity index (χ3n) is 3.80. The second-order valence-electron chi connectivity index (χ2n) is 5.57.